The molecule has 0 spiro atoms. The van der Waals surface area contributed by atoms with E-state index in [1.54, 1.807) is 23.6 Å². The van der Waals surface area contributed by atoms with Gasteiger partial charge in [-0.15, -0.1) is 11.3 Å². The monoisotopic (exact) mass is 383 g/mol. The Bertz CT molecular complexity index is 836. The first-order valence-corrected chi connectivity index (χ1v) is 9.89. The molecule has 27 heavy (non-hydrogen) atoms. The molecule has 2 aromatic heterocycles. The zero-order valence-electron chi connectivity index (χ0n) is 15.6. The molecule has 1 aliphatic heterocycles. The number of hydrogen-bond donors (Lipinski definition) is 1. The van der Waals surface area contributed by atoms with Crippen LogP contribution < -0.4 is 10.5 Å². The first-order chi connectivity index (χ1) is 13.2. The first kappa shape index (κ1) is 19.3. The average Bonchev–Trinajstić information content (AvgIpc) is 3.18. The maximum Gasteiger partial charge on any atom is 0.166 e. The summed E-state index contributed by atoms with van der Waals surface area (Å²) in [4.78, 5) is 10.00. The smallest absolute Gasteiger partial charge is 0.166 e. The molecule has 0 amide bonds. The van der Waals surface area contributed by atoms with Gasteiger partial charge in [-0.2, -0.15) is 0 Å². The van der Waals surface area contributed by atoms with Gasteiger partial charge in [0, 0.05) is 37.1 Å². The van der Waals surface area contributed by atoms with Gasteiger partial charge in [-0.25, -0.2) is 9.97 Å². The zero-order valence-corrected chi connectivity index (χ0v) is 16.4. The van der Waals surface area contributed by atoms with Crippen molar-refractivity contribution in [1.82, 2.24) is 9.97 Å². The SMILES string of the molecule is C=C/C=C(\C=C/C)COc1cc(-c2cnc(C3CCOCC3)s2)cnc1N. The van der Waals surface area contributed by atoms with Gasteiger partial charge >= 0.3 is 0 Å². The Hall–Kier alpha value is -2.44. The number of nitrogen functional groups attached to an aromatic ring is 1. The number of aromatic nitrogens is 2. The summed E-state index contributed by atoms with van der Waals surface area (Å²) in [5.41, 5.74) is 7.98. The van der Waals surface area contributed by atoms with Crippen LogP contribution in [0.2, 0.25) is 0 Å². The van der Waals surface area contributed by atoms with E-state index in [-0.39, 0.29) is 0 Å². The molecule has 0 radical (unpaired) electrons. The highest BCUT2D eigenvalue weighted by molar-refractivity contribution is 7.15. The van der Waals surface area contributed by atoms with Crippen molar-refractivity contribution in [3.63, 3.8) is 0 Å². The summed E-state index contributed by atoms with van der Waals surface area (Å²) in [7, 11) is 0. The number of anilines is 1. The number of rotatable bonds is 7. The zero-order chi connectivity index (χ0) is 19.1. The standard InChI is InChI=1S/C21H25N3O2S/c1-3-5-15(6-4-2)14-26-18-11-17(12-23-20(18)22)19-13-24-21(27-19)16-7-9-25-10-8-16/h3-6,11-13,16H,1,7-10,14H2,2H3,(H2,22,23)/b6-4-,15-5+. The number of ether oxygens (including phenoxy) is 2. The van der Waals surface area contributed by atoms with Crippen LogP contribution in [0.4, 0.5) is 5.82 Å². The molecular weight excluding hydrogens is 358 g/mol. The summed E-state index contributed by atoms with van der Waals surface area (Å²) in [6.07, 6.45) is 13.4. The molecular formula is C21H25N3O2S. The highest BCUT2D eigenvalue weighted by Gasteiger charge is 2.20. The predicted octanol–water partition coefficient (Wildman–Crippen LogP) is 4.75. The quantitative estimate of drug-likeness (QED) is 0.699. The number of pyridine rings is 1. The van der Waals surface area contributed by atoms with E-state index in [9.17, 15) is 0 Å². The van der Waals surface area contributed by atoms with Crippen LogP contribution in [0.1, 0.15) is 30.7 Å². The third-order valence-corrected chi connectivity index (χ3v) is 5.58. The topological polar surface area (TPSA) is 70.3 Å². The summed E-state index contributed by atoms with van der Waals surface area (Å²) >= 11 is 1.71. The van der Waals surface area contributed by atoms with E-state index in [4.69, 9.17) is 15.2 Å². The molecule has 2 N–H and O–H groups in total. The van der Waals surface area contributed by atoms with Crippen molar-refractivity contribution >= 4 is 17.2 Å². The second-order valence-corrected chi connectivity index (χ2v) is 7.38. The predicted molar refractivity (Wildman–Crippen MR) is 111 cm³/mol. The molecule has 142 valence electrons. The lowest BCUT2D eigenvalue weighted by Crippen LogP contribution is -2.13. The molecule has 1 saturated heterocycles. The molecule has 0 atom stereocenters. The third kappa shape index (κ3) is 5.05. The molecule has 2 aromatic rings. The van der Waals surface area contributed by atoms with Gasteiger partial charge in [0.2, 0.25) is 0 Å². The number of nitrogens with zero attached hydrogens (tertiary/aromatic N) is 2. The van der Waals surface area contributed by atoms with Crippen molar-refractivity contribution in [2.24, 2.45) is 0 Å². The van der Waals surface area contributed by atoms with Crippen molar-refractivity contribution in [1.29, 1.82) is 0 Å². The Labute approximate surface area is 164 Å². The average molecular weight is 384 g/mol. The van der Waals surface area contributed by atoms with Gasteiger partial charge in [0.25, 0.3) is 0 Å². The maximum atomic E-state index is 6.00. The van der Waals surface area contributed by atoms with Gasteiger partial charge < -0.3 is 15.2 Å². The van der Waals surface area contributed by atoms with Gasteiger partial charge in [-0.3, -0.25) is 0 Å². The van der Waals surface area contributed by atoms with Crippen molar-refractivity contribution in [3.8, 4) is 16.2 Å². The Morgan fingerprint density at radius 1 is 1.37 bits per heavy atom. The summed E-state index contributed by atoms with van der Waals surface area (Å²) in [5.74, 6) is 1.45. The normalized spacial score (nSPS) is 16.0. The molecule has 0 bridgehead atoms. The van der Waals surface area contributed by atoms with Gasteiger partial charge in [-0.05, 0) is 31.4 Å². The molecule has 1 fully saturated rings. The fourth-order valence-corrected chi connectivity index (χ4v) is 4.01. The van der Waals surface area contributed by atoms with Gasteiger partial charge in [0.15, 0.2) is 11.6 Å². The minimum atomic E-state index is 0.381. The van der Waals surface area contributed by atoms with Crippen LogP contribution in [-0.2, 0) is 4.74 Å². The fraction of sp³-hybridized carbons (Fsp3) is 0.333. The van der Waals surface area contributed by atoms with E-state index in [0.29, 0.717) is 24.1 Å². The molecule has 6 heteroatoms. The maximum absolute atomic E-state index is 6.00. The van der Waals surface area contributed by atoms with Crippen LogP contribution in [0.15, 0.2) is 54.9 Å². The van der Waals surface area contributed by atoms with Gasteiger partial charge in [-0.1, -0.05) is 30.9 Å². The van der Waals surface area contributed by atoms with Crippen LogP contribution in [-0.4, -0.2) is 29.8 Å². The molecule has 3 heterocycles. The Morgan fingerprint density at radius 3 is 2.93 bits per heavy atom. The van der Waals surface area contributed by atoms with E-state index >= 15 is 0 Å². The number of thiazole rings is 1. The lowest BCUT2D eigenvalue weighted by molar-refractivity contribution is 0.0853. The Morgan fingerprint density at radius 2 is 2.19 bits per heavy atom. The van der Waals surface area contributed by atoms with E-state index in [2.05, 4.69) is 16.5 Å². The first-order valence-electron chi connectivity index (χ1n) is 9.07. The van der Waals surface area contributed by atoms with E-state index in [1.165, 1.54) is 0 Å². The summed E-state index contributed by atoms with van der Waals surface area (Å²) in [6, 6.07) is 1.94. The number of allylic oxidation sites excluding steroid dienone is 3. The van der Waals surface area contributed by atoms with Crippen molar-refractivity contribution < 1.29 is 9.47 Å². The summed E-state index contributed by atoms with van der Waals surface area (Å²) in [5, 5.41) is 1.16. The second-order valence-electron chi connectivity index (χ2n) is 6.32. The van der Waals surface area contributed by atoms with Crippen molar-refractivity contribution in [2.45, 2.75) is 25.7 Å². The highest BCUT2D eigenvalue weighted by Crippen LogP contribution is 2.36. The highest BCUT2D eigenvalue weighted by atomic mass is 32.1. The van der Waals surface area contributed by atoms with Crippen LogP contribution >= 0.6 is 11.3 Å². The fourth-order valence-electron chi connectivity index (χ4n) is 2.94. The van der Waals surface area contributed by atoms with E-state index < -0.39 is 0 Å². The minimum Gasteiger partial charge on any atom is -0.485 e. The molecule has 0 unspecified atom stereocenters. The molecule has 3 rings (SSSR count). The molecule has 0 aromatic carbocycles. The number of hydrogen-bond acceptors (Lipinski definition) is 6. The summed E-state index contributed by atoms with van der Waals surface area (Å²) < 4.78 is 11.3. The largest absolute Gasteiger partial charge is 0.485 e. The van der Waals surface area contributed by atoms with Gasteiger partial charge in [0.1, 0.15) is 6.61 Å². The molecule has 0 saturated carbocycles. The third-order valence-electron chi connectivity index (χ3n) is 4.37. The van der Waals surface area contributed by atoms with E-state index in [0.717, 1.165) is 47.1 Å². The van der Waals surface area contributed by atoms with Crippen LogP contribution in [0.3, 0.4) is 0 Å². The second kappa shape index (κ2) is 9.48. The van der Waals surface area contributed by atoms with Crippen LogP contribution in [0, 0.1) is 0 Å². The number of nitrogens with two attached hydrogens (primary N) is 1. The van der Waals surface area contributed by atoms with Crippen molar-refractivity contribution in [3.05, 3.63) is 59.9 Å². The van der Waals surface area contributed by atoms with E-state index in [1.807, 2.05) is 37.4 Å². The Kier molecular flexibility index (Phi) is 6.79. The molecule has 0 aliphatic carbocycles. The van der Waals surface area contributed by atoms with Crippen LogP contribution in [0.25, 0.3) is 10.4 Å². The van der Waals surface area contributed by atoms with Crippen molar-refractivity contribution in [2.75, 3.05) is 25.6 Å². The molecule has 1 aliphatic rings. The lowest BCUT2D eigenvalue weighted by atomic mass is 10.0. The van der Waals surface area contributed by atoms with Gasteiger partial charge in [0.05, 0.1) is 9.88 Å². The minimum absolute atomic E-state index is 0.381. The Balaban J connectivity index is 1.76. The lowest BCUT2D eigenvalue weighted by Gasteiger charge is -2.19. The molecule has 5 nitrogen and oxygen atoms in total. The van der Waals surface area contributed by atoms with Crippen LogP contribution in [0.5, 0.6) is 5.75 Å². The summed E-state index contributed by atoms with van der Waals surface area (Å²) in [6.45, 7) is 7.73.